The van der Waals surface area contributed by atoms with Gasteiger partial charge in [-0.3, -0.25) is 0 Å². The van der Waals surface area contributed by atoms with E-state index in [0.29, 0.717) is 5.92 Å². The zero-order valence-corrected chi connectivity index (χ0v) is 11.3. The normalized spacial score (nSPS) is 20.0. The maximum Gasteiger partial charge on any atom is 0.126 e. The van der Waals surface area contributed by atoms with Crippen LogP contribution >= 0.6 is 15.9 Å². The molecular formula is C13H14BrN3. The Morgan fingerprint density at radius 1 is 1.35 bits per heavy atom. The van der Waals surface area contributed by atoms with Gasteiger partial charge in [0.15, 0.2) is 0 Å². The quantitative estimate of drug-likeness (QED) is 0.878. The predicted molar refractivity (Wildman–Crippen MR) is 72.2 cm³/mol. The van der Waals surface area contributed by atoms with Crippen LogP contribution in [0.1, 0.15) is 23.9 Å². The average Bonchev–Trinajstić information content (AvgIpc) is 2.80. The van der Waals surface area contributed by atoms with Gasteiger partial charge >= 0.3 is 0 Å². The van der Waals surface area contributed by atoms with E-state index in [0.717, 1.165) is 28.9 Å². The molecule has 1 fully saturated rings. The highest BCUT2D eigenvalue weighted by molar-refractivity contribution is 9.10. The van der Waals surface area contributed by atoms with Gasteiger partial charge in [0.05, 0.1) is 11.2 Å². The molecule has 4 heteroatoms. The smallest absolute Gasteiger partial charge is 0.126 e. The zero-order valence-electron chi connectivity index (χ0n) is 9.70. The van der Waals surface area contributed by atoms with Crippen LogP contribution in [0.3, 0.4) is 0 Å². The molecule has 1 aliphatic rings. The third-order valence-electron chi connectivity index (χ3n) is 3.25. The van der Waals surface area contributed by atoms with Crippen molar-refractivity contribution in [3.8, 4) is 0 Å². The number of aromatic nitrogens is 2. The van der Waals surface area contributed by atoms with Gasteiger partial charge in [-0.1, -0.05) is 15.9 Å². The molecule has 1 aromatic heterocycles. The highest BCUT2D eigenvalue weighted by atomic mass is 79.9. The molecule has 1 aliphatic heterocycles. The van der Waals surface area contributed by atoms with Crippen LogP contribution in [0.4, 0.5) is 0 Å². The highest BCUT2D eigenvalue weighted by Gasteiger charge is 2.20. The fourth-order valence-electron chi connectivity index (χ4n) is 2.45. The Kier molecular flexibility index (Phi) is 2.84. The largest absolute Gasteiger partial charge is 0.316 e. The number of hydrogen-bond acceptors (Lipinski definition) is 3. The van der Waals surface area contributed by atoms with Crippen molar-refractivity contribution in [2.75, 3.05) is 13.1 Å². The van der Waals surface area contributed by atoms with E-state index in [9.17, 15) is 0 Å². The second-order valence-electron chi connectivity index (χ2n) is 4.51. The van der Waals surface area contributed by atoms with Gasteiger partial charge in [0.1, 0.15) is 5.82 Å². The summed E-state index contributed by atoms with van der Waals surface area (Å²) in [6, 6.07) is 6.25. The summed E-state index contributed by atoms with van der Waals surface area (Å²) < 4.78 is 1.07. The van der Waals surface area contributed by atoms with E-state index >= 15 is 0 Å². The Morgan fingerprint density at radius 2 is 2.24 bits per heavy atom. The number of aryl methyl sites for hydroxylation is 1. The topological polar surface area (TPSA) is 37.8 Å². The third-order valence-corrected chi connectivity index (χ3v) is 3.74. The van der Waals surface area contributed by atoms with Crippen molar-refractivity contribution in [2.24, 2.45) is 0 Å². The number of fused-ring (bicyclic) bond motifs is 1. The molecule has 2 heterocycles. The lowest BCUT2D eigenvalue weighted by Crippen LogP contribution is -2.10. The van der Waals surface area contributed by atoms with Gasteiger partial charge in [0.2, 0.25) is 0 Å². The first-order chi connectivity index (χ1) is 8.24. The molecule has 0 bridgehead atoms. The molecule has 88 valence electrons. The highest BCUT2D eigenvalue weighted by Crippen LogP contribution is 2.28. The van der Waals surface area contributed by atoms with Crippen molar-refractivity contribution in [1.82, 2.24) is 15.3 Å². The lowest BCUT2D eigenvalue weighted by molar-refractivity contribution is 0.735. The molecule has 1 unspecified atom stereocenters. The zero-order chi connectivity index (χ0) is 11.8. The monoisotopic (exact) mass is 291 g/mol. The minimum Gasteiger partial charge on any atom is -0.316 e. The molecule has 0 saturated carbocycles. The number of benzene rings is 1. The average molecular weight is 292 g/mol. The fraction of sp³-hybridized carbons (Fsp3) is 0.385. The van der Waals surface area contributed by atoms with E-state index in [1.54, 1.807) is 0 Å². The van der Waals surface area contributed by atoms with Crippen molar-refractivity contribution in [2.45, 2.75) is 19.3 Å². The first-order valence-corrected chi connectivity index (χ1v) is 6.68. The van der Waals surface area contributed by atoms with Crippen LogP contribution in [-0.4, -0.2) is 23.1 Å². The summed E-state index contributed by atoms with van der Waals surface area (Å²) in [7, 11) is 0. The van der Waals surface area contributed by atoms with Gasteiger partial charge in [-0.2, -0.15) is 0 Å². The maximum atomic E-state index is 4.65. The Labute approximate surface area is 109 Å². The van der Waals surface area contributed by atoms with Gasteiger partial charge in [0.25, 0.3) is 0 Å². The van der Waals surface area contributed by atoms with Crippen LogP contribution in [0.2, 0.25) is 0 Å². The second kappa shape index (κ2) is 4.35. The summed E-state index contributed by atoms with van der Waals surface area (Å²) in [5.41, 5.74) is 2.23. The summed E-state index contributed by atoms with van der Waals surface area (Å²) in [5.74, 6) is 1.39. The fourth-order valence-corrected chi connectivity index (χ4v) is 2.80. The minimum atomic E-state index is 0.528. The number of nitrogens with zero attached hydrogens (tertiary/aromatic N) is 2. The Morgan fingerprint density at radius 3 is 3.00 bits per heavy atom. The van der Waals surface area contributed by atoms with Crippen molar-refractivity contribution < 1.29 is 0 Å². The molecule has 1 aromatic carbocycles. The van der Waals surface area contributed by atoms with Crippen LogP contribution in [0.25, 0.3) is 10.9 Å². The van der Waals surface area contributed by atoms with E-state index in [-0.39, 0.29) is 0 Å². The Bertz CT molecular complexity index is 557. The van der Waals surface area contributed by atoms with Crippen LogP contribution in [0, 0.1) is 6.92 Å². The van der Waals surface area contributed by atoms with Crippen LogP contribution in [-0.2, 0) is 0 Å². The van der Waals surface area contributed by atoms with Gasteiger partial charge in [-0.05, 0) is 38.1 Å². The van der Waals surface area contributed by atoms with Crippen LogP contribution in [0.15, 0.2) is 22.7 Å². The molecule has 3 nitrogen and oxygen atoms in total. The number of nitrogens with one attached hydrogen (secondary N) is 1. The molecule has 3 rings (SSSR count). The standard InChI is InChI=1S/C13H14BrN3/c1-8-16-12-6-10(14)2-3-11(12)13(17-8)9-4-5-15-7-9/h2-3,6,9,15H,4-5,7H2,1H3. The van der Waals surface area contributed by atoms with Crippen molar-refractivity contribution >= 4 is 26.8 Å². The molecule has 0 spiro atoms. The molecule has 1 N–H and O–H groups in total. The lowest BCUT2D eigenvalue weighted by Gasteiger charge is -2.12. The molecular weight excluding hydrogens is 278 g/mol. The molecule has 0 aliphatic carbocycles. The molecule has 1 atom stereocenters. The third kappa shape index (κ3) is 2.07. The maximum absolute atomic E-state index is 4.65. The predicted octanol–water partition coefficient (Wildman–Crippen LogP) is 2.78. The van der Waals surface area contributed by atoms with Crippen molar-refractivity contribution in [3.63, 3.8) is 0 Å². The number of rotatable bonds is 1. The summed E-state index contributed by atoms with van der Waals surface area (Å²) in [5, 5.41) is 4.58. The van der Waals surface area contributed by atoms with Crippen molar-refractivity contribution in [3.05, 3.63) is 34.2 Å². The van der Waals surface area contributed by atoms with E-state index in [2.05, 4.69) is 49.4 Å². The Balaban J connectivity index is 2.21. The summed E-state index contributed by atoms with van der Waals surface area (Å²) in [6.45, 7) is 4.08. The first kappa shape index (κ1) is 11.1. The number of halogens is 1. The molecule has 2 aromatic rings. The van der Waals surface area contributed by atoms with Gasteiger partial charge < -0.3 is 5.32 Å². The lowest BCUT2D eigenvalue weighted by atomic mass is 10.00. The summed E-state index contributed by atoms with van der Waals surface area (Å²) in [6.07, 6.45) is 1.17. The first-order valence-electron chi connectivity index (χ1n) is 5.88. The van der Waals surface area contributed by atoms with Gasteiger partial charge in [-0.25, -0.2) is 9.97 Å². The van der Waals surface area contributed by atoms with E-state index in [1.807, 2.05) is 6.92 Å². The summed E-state index contributed by atoms with van der Waals surface area (Å²) >= 11 is 3.49. The van der Waals surface area contributed by atoms with E-state index in [4.69, 9.17) is 0 Å². The van der Waals surface area contributed by atoms with E-state index < -0.39 is 0 Å². The van der Waals surface area contributed by atoms with Crippen LogP contribution < -0.4 is 5.32 Å². The minimum absolute atomic E-state index is 0.528. The molecule has 17 heavy (non-hydrogen) atoms. The molecule has 1 saturated heterocycles. The van der Waals surface area contributed by atoms with E-state index in [1.165, 1.54) is 17.5 Å². The second-order valence-corrected chi connectivity index (χ2v) is 5.42. The SMILES string of the molecule is Cc1nc(C2CCNC2)c2ccc(Br)cc2n1. The van der Waals surface area contributed by atoms with Gasteiger partial charge in [-0.15, -0.1) is 0 Å². The Hall–Kier alpha value is -1.00. The van der Waals surface area contributed by atoms with Crippen LogP contribution in [0.5, 0.6) is 0 Å². The number of hydrogen-bond donors (Lipinski definition) is 1. The van der Waals surface area contributed by atoms with Gasteiger partial charge in [0, 0.05) is 22.3 Å². The summed E-state index contributed by atoms with van der Waals surface area (Å²) in [4.78, 5) is 9.15. The molecule has 0 radical (unpaired) electrons. The molecule has 0 amide bonds. The van der Waals surface area contributed by atoms with Crippen molar-refractivity contribution in [1.29, 1.82) is 0 Å².